The molecule has 0 bridgehead atoms. The van der Waals surface area contributed by atoms with E-state index < -0.39 is 35.6 Å². The van der Waals surface area contributed by atoms with Gasteiger partial charge in [0, 0.05) is 24.4 Å². The fraction of sp³-hybridized carbons (Fsp3) is 0.190. The van der Waals surface area contributed by atoms with Crippen molar-refractivity contribution in [3.63, 3.8) is 0 Å². The molecule has 3 aromatic rings. The van der Waals surface area contributed by atoms with Crippen molar-refractivity contribution < 1.29 is 24.0 Å². The first-order valence-corrected chi connectivity index (χ1v) is 10.2. The number of piperidine rings is 1. The van der Waals surface area contributed by atoms with Crippen LogP contribution in [0.1, 0.15) is 33.6 Å². The summed E-state index contributed by atoms with van der Waals surface area (Å²) in [4.78, 5) is 71.0. The number of amides is 5. The lowest BCUT2D eigenvalue weighted by Gasteiger charge is -2.27. The molecule has 1 saturated heterocycles. The van der Waals surface area contributed by atoms with Crippen molar-refractivity contribution in [3.05, 3.63) is 54.2 Å². The van der Waals surface area contributed by atoms with Gasteiger partial charge in [-0.1, -0.05) is 11.3 Å². The van der Waals surface area contributed by atoms with Gasteiger partial charge >= 0.3 is 0 Å². The molecular weight excluding hydrogens is 444 g/mol. The van der Waals surface area contributed by atoms with Gasteiger partial charge < -0.3 is 5.32 Å². The maximum absolute atomic E-state index is 13.1. The topological polar surface area (TPSA) is 169 Å². The average Bonchev–Trinajstić information content (AvgIpc) is 3.38. The molecule has 2 aliphatic rings. The van der Waals surface area contributed by atoms with Crippen molar-refractivity contribution >= 4 is 35.2 Å². The first-order valence-electron chi connectivity index (χ1n) is 10.2. The van der Waals surface area contributed by atoms with Gasteiger partial charge in [-0.15, -0.1) is 5.10 Å². The van der Waals surface area contributed by atoms with Crippen molar-refractivity contribution in [2.24, 2.45) is 0 Å². The lowest BCUT2D eigenvalue weighted by atomic mass is 10.0. The third kappa shape index (κ3) is 3.68. The molecule has 13 nitrogen and oxygen atoms in total. The summed E-state index contributed by atoms with van der Waals surface area (Å²) in [5, 5.41) is 12.7. The molecule has 2 N–H and O–H groups in total. The van der Waals surface area contributed by atoms with Gasteiger partial charge in [-0.3, -0.25) is 34.2 Å². The van der Waals surface area contributed by atoms with Gasteiger partial charge in [-0.05, 0) is 18.6 Å². The fourth-order valence-electron chi connectivity index (χ4n) is 3.90. The first-order chi connectivity index (χ1) is 16.4. The second-order valence-corrected chi connectivity index (χ2v) is 7.65. The van der Waals surface area contributed by atoms with Crippen LogP contribution in [0, 0.1) is 0 Å². The first kappa shape index (κ1) is 21.1. The minimum atomic E-state index is -1.09. The maximum atomic E-state index is 13.1. The van der Waals surface area contributed by atoms with Crippen molar-refractivity contribution in [1.82, 2.24) is 35.2 Å². The Labute approximate surface area is 191 Å². The molecule has 2 aliphatic heterocycles. The molecule has 170 valence electrons. The SMILES string of the molecule is O=C1CCC(N2C(=O)c3cccc(NC(=O)Cn4cc(-c5cncnc5)nn4)c3C2=O)C(=O)N1. The van der Waals surface area contributed by atoms with E-state index >= 15 is 0 Å². The Balaban J connectivity index is 1.34. The summed E-state index contributed by atoms with van der Waals surface area (Å²) in [6, 6.07) is 3.37. The number of hydrogen-bond acceptors (Lipinski definition) is 9. The van der Waals surface area contributed by atoms with E-state index in [1.54, 1.807) is 18.6 Å². The Hall–Kier alpha value is -4.81. The van der Waals surface area contributed by atoms with Crippen LogP contribution >= 0.6 is 0 Å². The summed E-state index contributed by atoms with van der Waals surface area (Å²) in [6.45, 7) is -0.205. The molecule has 0 saturated carbocycles. The highest BCUT2D eigenvalue weighted by Gasteiger charge is 2.45. The van der Waals surface area contributed by atoms with Gasteiger partial charge in [0.25, 0.3) is 11.8 Å². The molecule has 0 spiro atoms. The maximum Gasteiger partial charge on any atom is 0.264 e. The number of imide groups is 2. The second-order valence-electron chi connectivity index (χ2n) is 7.65. The number of carbonyl (C=O) groups excluding carboxylic acids is 5. The van der Waals surface area contributed by atoms with Crippen LogP contribution in [0.15, 0.2) is 43.1 Å². The quantitative estimate of drug-likeness (QED) is 0.489. The van der Waals surface area contributed by atoms with Crippen molar-refractivity contribution in [2.45, 2.75) is 25.4 Å². The molecule has 4 heterocycles. The van der Waals surface area contributed by atoms with E-state index in [9.17, 15) is 24.0 Å². The molecule has 0 radical (unpaired) electrons. The molecule has 13 heteroatoms. The van der Waals surface area contributed by atoms with Crippen LogP contribution in [0.25, 0.3) is 11.3 Å². The predicted molar refractivity (Wildman–Crippen MR) is 113 cm³/mol. The number of nitrogens with zero attached hydrogens (tertiary/aromatic N) is 6. The van der Waals surface area contributed by atoms with Crippen LogP contribution < -0.4 is 10.6 Å². The van der Waals surface area contributed by atoms with Gasteiger partial charge in [-0.25, -0.2) is 14.6 Å². The number of hydrogen-bond donors (Lipinski definition) is 2. The summed E-state index contributed by atoms with van der Waals surface area (Å²) in [6.07, 6.45) is 6.11. The number of anilines is 1. The molecule has 1 fully saturated rings. The van der Waals surface area contributed by atoms with Crippen LogP contribution in [0.3, 0.4) is 0 Å². The normalized spacial score (nSPS) is 17.5. The lowest BCUT2D eigenvalue weighted by molar-refractivity contribution is -0.136. The van der Waals surface area contributed by atoms with Crippen molar-refractivity contribution in [3.8, 4) is 11.3 Å². The Morgan fingerprint density at radius 2 is 1.91 bits per heavy atom. The summed E-state index contributed by atoms with van der Waals surface area (Å²) in [7, 11) is 0. The smallest absolute Gasteiger partial charge is 0.264 e. The van der Waals surface area contributed by atoms with Crippen LogP contribution in [0.2, 0.25) is 0 Å². The minimum Gasteiger partial charge on any atom is -0.324 e. The van der Waals surface area contributed by atoms with Crippen LogP contribution in [0.4, 0.5) is 5.69 Å². The van der Waals surface area contributed by atoms with Crippen LogP contribution in [0.5, 0.6) is 0 Å². The Morgan fingerprint density at radius 1 is 1.12 bits per heavy atom. The van der Waals surface area contributed by atoms with E-state index in [0.717, 1.165) is 4.90 Å². The second kappa shape index (κ2) is 8.27. The molecule has 5 amide bonds. The zero-order valence-electron chi connectivity index (χ0n) is 17.5. The summed E-state index contributed by atoms with van der Waals surface area (Å²) in [5.74, 6) is -3.04. The molecular formula is C21H16N8O5. The highest BCUT2D eigenvalue weighted by Crippen LogP contribution is 2.32. The minimum absolute atomic E-state index is 0.00809. The third-order valence-electron chi connectivity index (χ3n) is 5.44. The highest BCUT2D eigenvalue weighted by atomic mass is 16.2. The molecule has 34 heavy (non-hydrogen) atoms. The number of benzene rings is 1. The van der Waals surface area contributed by atoms with E-state index in [1.165, 1.54) is 29.2 Å². The predicted octanol–water partition coefficient (Wildman–Crippen LogP) is -0.225. The monoisotopic (exact) mass is 460 g/mol. The van der Waals surface area contributed by atoms with Gasteiger partial charge in [0.1, 0.15) is 24.6 Å². The number of aromatic nitrogens is 5. The van der Waals surface area contributed by atoms with E-state index in [4.69, 9.17) is 0 Å². The molecule has 1 unspecified atom stereocenters. The number of nitrogens with one attached hydrogen (secondary N) is 2. The molecule has 5 rings (SSSR count). The summed E-state index contributed by atoms with van der Waals surface area (Å²) >= 11 is 0. The van der Waals surface area contributed by atoms with Crippen LogP contribution in [-0.2, 0) is 20.9 Å². The molecule has 1 atom stereocenters. The Morgan fingerprint density at radius 3 is 2.68 bits per heavy atom. The standard InChI is InChI=1S/C21H16N8O5/c30-16-5-4-15(19(32)25-16)29-20(33)12-2-1-3-13(18(12)21(29)34)24-17(31)9-28-8-14(26-27-28)11-6-22-10-23-7-11/h1-3,6-8,10,15H,4-5,9H2,(H,24,31)(H,25,30,32). The van der Waals surface area contributed by atoms with Crippen LogP contribution in [-0.4, -0.2) is 65.4 Å². The Kier molecular flexibility index (Phi) is 5.12. The van der Waals surface area contributed by atoms with Gasteiger partial charge in [0.05, 0.1) is 23.0 Å². The summed E-state index contributed by atoms with van der Waals surface area (Å²) < 4.78 is 1.31. The number of carbonyl (C=O) groups is 5. The fourth-order valence-corrected chi connectivity index (χ4v) is 3.90. The van der Waals surface area contributed by atoms with Gasteiger partial charge in [0.2, 0.25) is 17.7 Å². The third-order valence-corrected chi connectivity index (χ3v) is 5.44. The van der Waals surface area contributed by atoms with E-state index in [2.05, 4.69) is 30.9 Å². The molecule has 1 aromatic carbocycles. The Bertz CT molecular complexity index is 1350. The zero-order valence-corrected chi connectivity index (χ0v) is 17.5. The number of rotatable bonds is 5. The highest BCUT2D eigenvalue weighted by molar-refractivity contribution is 6.26. The van der Waals surface area contributed by atoms with E-state index in [0.29, 0.717) is 11.3 Å². The number of fused-ring (bicyclic) bond motifs is 1. The zero-order chi connectivity index (χ0) is 23.8. The average molecular weight is 460 g/mol. The van der Waals surface area contributed by atoms with Crippen molar-refractivity contribution in [2.75, 3.05) is 5.32 Å². The van der Waals surface area contributed by atoms with E-state index in [1.807, 2.05) is 0 Å². The largest absolute Gasteiger partial charge is 0.324 e. The van der Waals surface area contributed by atoms with Gasteiger partial charge in [-0.2, -0.15) is 0 Å². The summed E-state index contributed by atoms with van der Waals surface area (Å²) in [5.41, 5.74) is 1.31. The van der Waals surface area contributed by atoms with Crippen molar-refractivity contribution in [1.29, 1.82) is 0 Å². The molecule has 2 aromatic heterocycles. The van der Waals surface area contributed by atoms with E-state index in [-0.39, 0.29) is 36.2 Å². The van der Waals surface area contributed by atoms with Gasteiger partial charge in [0.15, 0.2) is 0 Å². The molecule has 0 aliphatic carbocycles. The lowest BCUT2D eigenvalue weighted by Crippen LogP contribution is -2.54.